The third-order valence-corrected chi connectivity index (χ3v) is 3.52. The molecule has 1 heterocycles. The Labute approximate surface area is 97.5 Å². The molecule has 1 aliphatic rings. The van der Waals surface area contributed by atoms with Crippen molar-refractivity contribution in [1.82, 2.24) is 0 Å². The average Bonchev–Trinajstić information content (AvgIpc) is 2.29. The van der Waals surface area contributed by atoms with Gasteiger partial charge in [-0.15, -0.1) is 0 Å². The van der Waals surface area contributed by atoms with Gasteiger partial charge in [-0.05, 0) is 30.7 Å². The second-order valence-corrected chi connectivity index (χ2v) is 5.06. The number of esters is 1. The van der Waals surface area contributed by atoms with Gasteiger partial charge in [-0.3, -0.25) is 4.79 Å². The van der Waals surface area contributed by atoms with Crippen LogP contribution in [0, 0.1) is 11.3 Å². The lowest BCUT2D eigenvalue weighted by Gasteiger charge is -2.41. The summed E-state index contributed by atoms with van der Waals surface area (Å²) in [6, 6.07) is 0. The molecule has 16 heavy (non-hydrogen) atoms. The largest absolute Gasteiger partial charge is 0.469 e. The zero-order valence-corrected chi connectivity index (χ0v) is 10.5. The van der Waals surface area contributed by atoms with Crippen molar-refractivity contribution in [3.63, 3.8) is 0 Å². The molecule has 0 aromatic rings. The normalized spacial score (nSPS) is 30.4. The number of methoxy groups -OCH3 is 1. The Morgan fingerprint density at radius 2 is 2.31 bits per heavy atom. The monoisotopic (exact) mass is 229 g/mol. The number of ether oxygens (including phenoxy) is 2. The summed E-state index contributed by atoms with van der Waals surface area (Å²) in [5.41, 5.74) is 5.72. The fourth-order valence-corrected chi connectivity index (χ4v) is 2.24. The topological polar surface area (TPSA) is 61.5 Å². The Bertz CT molecular complexity index is 242. The van der Waals surface area contributed by atoms with E-state index in [0.717, 1.165) is 12.8 Å². The Balaban J connectivity index is 2.67. The van der Waals surface area contributed by atoms with E-state index in [1.54, 1.807) is 0 Å². The maximum absolute atomic E-state index is 11.4. The maximum atomic E-state index is 11.4. The molecule has 1 rings (SSSR count). The van der Waals surface area contributed by atoms with Crippen LogP contribution < -0.4 is 5.73 Å². The molecule has 2 atom stereocenters. The molecule has 1 saturated heterocycles. The summed E-state index contributed by atoms with van der Waals surface area (Å²) in [5, 5.41) is 0. The Morgan fingerprint density at radius 1 is 1.62 bits per heavy atom. The van der Waals surface area contributed by atoms with Crippen molar-refractivity contribution in [2.45, 2.75) is 39.2 Å². The fraction of sp³-hybridized carbons (Fsp3) is 0.917. The highest BCUT2D eigenvalue weighted by Crippen LogP contribution is 2.38. The molecular weight excluding hydrogens is 206 g/mol. The number of carbonyl (C=O) groups excluding carboxylic acids is 1. The minimum atomic E-state index is -0.171. The van der Waals surface area contributed by atoms with E-state index in [2.05, 4.69) is 13.8 Å². The molecular formula is C12H23NO3. The van der Waals surface area contributed by atoms with E-state index in [1.165, 1.54) is 7.11 Å². The van der Waals surface area contributed by atoms with Gasteiger partial charge in [0.1, 0.15) is 0 Å². The van der Waals surface area contributed by atoms with Crippen molar-refractivity contribution in [2.75, 3.05) is 20.3 Å². The number of hydrogen-bond donors (Lipinski definition) is 1. The molecule has 1 aliphatic heterocycles. The van der Waals surface area contributed by atoms with Crippen LogP contribution in [0.25, 0.3) is 0 Å². The van der Waals surface area contributed by atoms with Gasteiger partial charge in [0.2, 0.25) is 0 Å². The highest BCUT2D eigenvalue weighted by Gasteiger charge is 2.38. The van der Waals surface area contributed by atoms with Crippen molar-refractivity contribution in [2.24, 2.45) is 17.1 Å². The third kappa shape index (κ3) is 3.19. The molecule has 0 saturated carbocycles. The van der Waals surface area contributed by atoms with Crippen LogP contribution in [0.5, 0.6) is 0 Å². The van der Waals surface area contributed by atoms with Crippen LogP contribution >= 0.6 is 0 Å². The molecule has 94 valence electrons. The van der Waals surface area contributed by atoms with E-state index >= 15 is 0 Å². The highest BCUT2D eigenvalue weighted by atomic mass is 16.5. The second kappa shape index (κ2) is 5.64. The fourth-order valence-electron chi connectivity index (χ4n) is 2.24. The zero-order chi connectivity index (χ0) is 12.2. The number of hydrogen-bond acceptors (Lipinski definition) is 4. The van der Waals surface area contributed by atoms with Gasteiger partial charge in [-0.1, -0.05) is 13.8 Å². The van der Waals surface area contributed by atoms with Gasteiger partial charge in [0, 0.05) is 6.61 Å². The first-order valence-electron chi connectivity index (χ1n) is 5.91. The first kappa shape index (κ1) is 13.5. The number of rotatable bonds is 4. The molecule has 0 aromatic carbocycles. The summed E-state index contributed by atoms with van der Waals surface area (Å²) in [4.78, 5) is 11.4. The predicted octanol–water partition coefficient (Wildman–Crippen LogP) is 1.33. The Morgan fingerprint density at radius 3 is 2.81 bits per heavy atom. The van der Waals surface area contributed by atoms with Gasteiger partial charge in [0.05, 0.1) is 19.6 Å². The zero-order valence-electron chi connectivity index (χ0n) is 10.5. The van der Waals surface area contributed by atoms with Gasteiger partial charge in [-0.25, -0.2) is 0 Å². The van der Waals surface area contributed by atoms with Gasteiger partial charge in [0.15, 0.2) is 0 Å². The van der Waals surface area contributed by atoms with E-state index in [0.29, 0.717) is 25.5 Å². The summed E-state index contributed by atoms with van der Waals surface area (Å²) in [5.74, 6) is 0.290. The van der Waals surface area contributed by atoms with E-state index in [-0.39, 0.29) is 17.5 Å². The average molecular weight is 229 g/mol. The SMILES string of the molecule is COC(=O)CC1(CN)CCOC(C(C)C)C1. The molecule has 4 nitrogen and oxygen atoms in total. The van der Waals surface area contributed by atoms with Gasteiger partial charge in [-0.2, -0.15) is 0 Å². The predicted molar refractivity (Wildman–Crippen MR) is 61.9 cm³/mol. The van der Waals surface area contributed by atoms with Crippen molar-refractivity contribution >= 4 is 5.97 Å². The van der Waals surface area contributed by atoms with Gasteiger partial charge in [0.25, 0.3) is 0 Å². The van der Waals surface area contributed by atoms with Crippen LogP contribution in [0.2, 0.25) is 0 Å². The summed E-state index contributed by atoms with van der Waals surface area (Å²) in [6.07, 6.45) is 2.33. The molecule has 0 amide bonds. The summed E-state index contributed by atoms with van der Waals surface area (Å²) >= 11 is 0. The lowest BCUT2D eigenvalue weighted by atomic mass is 9.73. The van der Waals surface area contributed by atoms with Crippen molar-refractivity contribution in [3.8, 4) is 0 Å². The lowest BCUT2D eigenvalue weighted by molar-refractivity contribution is -0.147. The lowest BCUT2D eigenvalue weighted by Crippen LogP contribution is -2.43. The minimum Gasteiger partial charge on any atom is -0.469 e. The van der Waals surface area contributed by atoms with E-state index in [1.807, 2.05) is 0 Å². The van der Waals surface area contributed by atoms with Crippen molar-refractivity contribution < 1.29 is 14.3 Å². The molecule has 1 fully saturated rings. The van der Waals surface area contributed by atoms with Crippen molar-refractivity contribution in [1.29, 1.82) is 0 Å². The van der Waals surface area contributed by atoms with Crippen LogP contribution in [0.1, 0.15) is 33.1 Å². The van der Waals surface area contributed by atoms with Crippen LogP contribution in [0.3, 0.4) is 0 Å². The van der Waals surface area contributed by atoms with Crippen LogP contribution in [0.4, 0.5) is 0 Å². The van der Waals surface area contributed by atoms with E-state index in [9.17, 15) is 4.79 Å². The number of carbonyl (C=O) groups is 1. The quantitative estimate of drug-likeness (QED) is 0.739. The first-order chi connectivity index (χ1) is 7.53. The summed E-state index contributed by atoms with van der Waals surface area (Å²) in [6.45, 7) is 5.48. The molecule has 0 radical (unpaired) electrons. The number of nitrogens with two attached hydrogens (primary N) is 1. The minimum absolute atomic E-state index is 0.125. The first-order valence-corrected chi connectivity index (χ1v) is 5.91. The molecule has 2 N–H and O–H groups in total. The maximum Gasteiger partial charge on any atom is 0.306 e. The Hall–Kier alpha value is -0.610. The van der Waals surface area contributed by atoms with Crippen molar-refractivity contribution in [3.05, 3.63) is 0 Å². The highest BCUT2D eigenvalue weighted by molar-refractivity contribution is 5.70. The van der Waals surface area contributed by atoms with Crippen LogP contribution in [-0.4, -0.2) is 32.3 Å². The Kier molecular flexibility index (Phi) is 4.74. The van der Waals surface area contributed by atoms with Crippen LogP contribution in [-0.2, 0) is 14.3 Å². The standard InChI is InChI=1S/C12H23NO3/c1-9(2)10-6-12(8-13,4-5-16-10)7-11(14)15-3/h9-10H,4-8,13H2,1-3H3. The molecule has 2 unspecified atom stereocenters. The molecule has 0 bridgehead atoms. The van der Waals surface area contributed by atoms with E-state index < -0.39 is 0 Å². The summed E-state index contributed by atoms with van der Waals surface area (Å²) in [7, 11) is 1.42. The molecule has 0 aromatic heterocycles. The molecule has 0 aliphatic carbocycles. The van der Waals surface area contributed by atoms with E-state index in [4.69, 9.17) is 15.2 Å². The third-order valence-electron chi connectivity index (χ3n) is 3.52. The van der Waals surface area contributed by atoms with Crippen LogP contribution in [0.15, 0.2) is 0 Å². The second-order valence-electron chi connectivity index (χ2n) is 5.06. The van der Waals surface area contributed by atoms with Gasteiger partial charge >= 0.3 is 5.97 Å². The molecule has 0 spiro atoms. The molecule has 4 heteroatoms. The summed E-state index contributed by atoms with van der Waals surface area (Å²) < 4.78 is 10.4. The smallest absolute Gasteiger partial charge is 0.306 e. The van der Waals surface area contributed by atoms with Gasteiger partial charge < -0.3 is 15.2 Å².